The number of rotatable bonds is 2. The highest BCUT2D eigenvalue weighted by molar-refractivity contribution is 7.99. The maximum Gasteiger partial charge on any atom is 0.128 e. The van der Waals surface area contributed by atoms with Crippen LogP contribution in [0, 0.1) is 0 Å². The number of hydrogen-bond acceptors (Lipinski definition) is 5. The Morgan fingerprint density at radius 1 is 0.733 bits per heavy atom. The first-order valence-electron chi connectivity index (χ1n) is 9.63. The number of fused-ring (bicyclic) bond motifs is 3. The standard InChI is InChI=1S/C25H16N2OS2/c28-21-14-13-16(15-17(21)25-26-18-7-1-4-10-22(18)30-25)27-19-8-2-5-11-23(19)29-24-12-6-3-9-20(24)27/h1-15,28H. The summed E-state index contributed by atoms with van der Waals surface area (Å²) in [5, 5.41) is 11.5. The summed E-state index contributed by atoms with van der Waals surface area (Å²) in [6.45, 7) is 0. The molecule has 4 aromatic carbocycles. The number of benzene rings is 4. The molecule has 0 saturated heterocycles. The number of thiazole rings is 1. The monoisotopic (exact) mass is 424 g/mol. The van der Waals surface area contributed by atoms with Crippen LogP contribution in [0.1, 0.15) is 0 Å². The molecule has 144 valence electrons. The van der Waals surface area contributed by atoms with E-state index in [1.807, 2.05) is 30.3 Å². The molecule has 2 heterocycles. The van der Waals surface area contributed by atoms with E-state index in [4.69, 9.17) is 4.98 Å². The lowest BCUT2D eigenvalue weighted by Crippen LogP contribution is -2.14. The second-order valence-corrected chi connectivity index (χ2v) is 9.18. The van der Waals surface area contributed by atoms with Crippen LogP contribution >= 0.6 is 23.1 Å². The van der Waals surface area contributed by atoms with E-state index < -0.39 is 0 Å². The zero-order chi connectivity index (χ0) is 20.1. The van der Waals surface area contributed by atoms with Crippen molar-refractivity contribution < 1.29 is 5.11 Å². The van der Waals surface area contributed by atoms with Gasteiger partial charge in [0.25, 0.3) is 0 Å². The number of phenols is 1. The maximum absolute atomic E-state index is 10.6. The SMILES string of the molecule is Oc1ccc(N2c3ccccc3Sc3ccccc32)cc1-c1nc2ccccc2s1. The molecule has 0 spiro atoms. The molecule has 0 fully saturated rings. The van der Waals surface area contributed by atoms with Crippen molar-refractivity contribution in [3.8, 4) is 16.3 Å². The molecule has 0 bridgehead atoms. The third-order valence-corrected chi connectivity index (χ3v) is 7.39. The third-order valence-electron chi connectivity index (χ3n) is 5.19. The maximum atomic E-state index is 10.6. The van der Waals surface area contributed by atoms with Crippen molar-refractivity contribution in [2.45, 2.75) is 9.79 Å². The fourth-order valence-electron chi connectivity index (χ4n) is 3.80. The summed E-state index contributed by atoms with van der Waals surface area (Å²) in [4.78, 5) is 9.44. The predicted octanol–water partition coefficient (Wildman–Crippen LogP) is 7.60. The van der Waals surface area contributed by atoms with Crippen molar-refractivity contribution in [2.24, 2.45) is 0 Å². The summed E-state index contributed by atoms with van der Waals surface area (Å²) in [7, 11) is 0. The Bertz CT molecular complexity index is 1330. The fraction of sp³-hybridized carbons (Fsp3) is 0. The number of aromatic hydroxyl groups is 1. The van der Waals surface area contributed by atoms with Gasteiger partial charge in [-0.2, -0.15) is 0 Å². The second kappa shape index (κ2) is 6.90. The van der Waals surface area contributed by atoms with E-state index in [-0.39, 0.29) is 5.75 Å². The van der Waals surface area contributed by atoms with E-state index in [2.05, 4.69) is 59.5 Å². The topological polar surface area (TPSA) is 36.4 Å². The quantitative estimate of drug-likeness (QED) is 0.310. The Morgan fingerprint density at radius 2 is 1.40 bits per heavy atom. The van der Waals surface area contributed by atoms with Crippen molar-refractivity contribution in [2.75, 3.05) is 4.90 Å². The predicted molar refractivity (Wildman–Crippen MR) is 126 cm³/mol. The minimum Gasteiger partial charge on any atom is -0.507 e. The van der Waals surface area contributed by atoms with Gasteiger partial charge in [-0.25, -0.2) is 4.98 Å². The van der Waals surface area contributed by atoms with Crippen LogP contribution in [-0.4, -0.2) is 10.1 Å². The van der Waals surface area contributed by atoms with Crippen LogP contribution in [0.5, 0.6) is 5.75 Å². The largest absolute Gasteiger partial charge is 0.507 e. The summed E-state index contributed by atoms with van der Waals surface area (Å²) in [5.74, 6) is 0.241. The molecular formula is C25H16N2OS2. The van der Waals surface area contributed by atoms with E-state index in [0.29, 0.717) is 0 Å². The number of aromatic nitrogens is 1. The van der Waals surface area contributed by atoms with Crippen LogP contribution in [-0.2, 0) is 0 Å². The summed E-state index contributed by atoms with van der Waals surface area (Å²) in [5.41, 5.74) is 4.99. The van der Waals surface area contributed by atoms with Gasteiger partial charge in [0.05, 0.1) is 27.2 Å². The molecule has 0 saturated carbocycles. The highest BCUT2D eigenvalue weighted by atomic mass is 32.2. The van der Waals surface area contributed by atoms with Crippen LogP contribution < -0.4 is 4.90 Å². The zero-order valence-electron chi connectivity index (χ0n) is 15.8. The third kappa shape index (κ3) is 2.78. The molecule has 1 aliphatic rings. The van der Waals surface area contributed by atoms with E-state index in [1.54, 1.807) is 29.2 Å². The fourth-order valence-corrected chi connectivity index (χ4v) is 5.85. The van der Waals surface area contributed by atoms with Gasteiger partial charge in [-0.3, -0.25) is 0 Å². The van der Waals surface area contributed by atoms with Gasteiger partial charge in [0.1, 0.15) is 10.8 Å². The molecule has 0 atom stereocenters. The highest BCUT2D eigenvalue weighted by Gasteiger charge is 2.25. The van der Waals surface area contributed by atoms with Gasteiger partial charge < -0.3 is 10.0 Å². The number of hydrogen-bond donors (Lipinski definition) is 1. The Balaban J connectivity index is 1.55. The van der Waals surface area contributed by atoms with E-state index in [9.17, 15) is 5.11 Å². The van der Waals surface area contributed by atoms with Crippen molar-refractivity contribution >= 4 is 50.4 Å². The molecule has 1 N–H and O–H groups in total. The molecular weight excluding hydrogens is 408 g/mol. The van der Waals surface area contributed by atoms with Crippen LogP contribution in [0.25, 0.3) is 20.8 Å². The lowest BCUT2D eigenvalue weighted by atomic mass is 10.1. The van der Waals surface area contributed by atoms with Crippen molar-refractivity contribution in [1.82, 2.24) is 4.98 Å². The molecule has 6 rings (SSSR count). The molecule has 0 radical (unpaired) electrons. The van der Waals surface area contributed by atoms with Gasteiger partial charge >= 0.3 is 0 Å². The van der Waals surface area contributed by atoms with Crippen LogP contribution in [0.15, 0.2) is 101 Å². The summed E-state index contributed by atoms with van der Waals surface area (Å²) < 4.78 is 1.11. The van der Waals surface area contributed by atoms with Gasteiger partial charge in [0.2, 0.25) is 0 Å². The van der Waals surface area contributed by atoms with Crippen LogP contribution in [0.2, 0.25) is 0 Å². The van der Waals surface area contributed by atoms with Crippen molar-refractivity contribution in [1.29, 1.82) is 0 Å². The number of anilines is 3. The van der Waals surface area contributed by atoms with Gasteiger partial charge in [0, 0.05) is 15.5 Å². The smallest absolute Gasteiger partial charge is 0.128 e. The Hall–Kier alpha value is -3.28. The normalized spacial score (nSPS) is 12.6. The second-order valence-electron chi connectivity index (χ2n) is 7.06. The summed E-state index contributed by atoms with van der Waals surface area (Å²) >= 11 is 3.38. The van der Waals surface area contributed by atoms with E-state index in [0.717, 1.165) is 37.8 Å². The van der Waals surface area contributed by atoms with Gasteiger partial charge in [-0.15, -0.1) is 11.3 Å². The minimum atomic E-state index is 0.241. The average Bonchev–Trinajstić information content (AvgIpc) is 3.22. The summed E-state index contributed by atoms with van der Waals surface area (Å²) in [6.07, 6.45) is 0. The van der Waals surface area contributed by atoms with Gasteiger partial charge in [-0.05, 0) is 54.6 Å². The number of para-hydroxylation sites is 3. The Kier molecular flexibility index (Phi) is 4.04. The van der Waals surface area contributed by atoms with E-state index in [1.165, 1.54) is 9.79 Å². The molecule has 5 heteroatoms. The van der Waals surface area contributed by atoms with Crippen molar-refractivity contribution in [3.63, 3.8) is 0 Å². The molecule has 0 aliphatic carbocycles. The van der Waals surface area contributed by atoms with Crippen molar-refractivity contribution in [3.05, 3.63) is 91.0 Å². The van der Waals surface area contributed by atoms with Crippen LogP contribution in [0.4, 0.5) is 17.1 Å². The lowest BCUT2D eigenvalue weighted by molar-refractivity contribution is 0.477. The molecule has 30 heavy (non-hydrogen) atoms. The van der Waals surface area contributed by atoms with Gasteiger partial charge in [0.15, 0.2) is 0 Å². The molecule has 1 aliphatic heterocycles. The first-order valence-corrected chi connectivity index (χ1v) is 11.3. The Labute approximate surface area is 182 Å². The Morgan fingerprint density at radius 3 is 2.13 bits per heavy atom. The minimum absolute atomic E-state index is 0.241. The molecule has 1 aromatic heterocycles. The van der Waals surface area contributed by atoms with Crippen LogP contribution in [0.3, 0.4) is 0 Å². The lowest BCUT2D eigenvalue weighted by Gasteiger charge is -2.33. The highest BCUT2D eigenvalue weighted by Crippen LogP contribution is 2.52. The number of nitrogens with zero attached hydrogens (tertiary/aromatic N) is 2. The number of phenolic OH excluding ortho intramolecular Hbond substituents is 1. The molecule has 3 nitrogen and oxygen atoms in total. The first-order chi connectivity index (χ1) is 14.8. The molecule has 0 amide bonds. The zero-order valence-corrected chi connectivity index (χ0v) is 17.5. The van der Waals surface area contributed by atoms with E-state index >= 15 is 0 Å². The average molecular weight is 425 g/mol. The molecule has 0 unspecified atom stereocenters. The first kappa shape index (κ1) is 17.6. The van der Waals surface area contributed by atoms with Gasteiger partial charge in [-0.1, -0.05) is 48.2 Å². The summed E-state index contributed by atoms with van der Waals surface area (Å²) in [6, 6.07) is 30.7. The molecule has 5 aromatic rings.